The Balaban J connectivity index is 2.24. The van der Waals surface area contributed by atoms with Crippen LogP contribution in [0.5, 0.6) is 0 Å². The van der Waals surface area contributed by atoms with Crippen LogP contribution in [0.3, 0.4) is 0 Å². The molecule has 2 rings (SSSR count). The van der Waals surface area contributed by atoms with Gasteiger partial charge >= 0.3 is 0 Å². The molecule has 0 bridgehead atoms. The molecule has 1 amide bonds. The monoisotopic (exact) mass is 333 g/mol. The molecule has 1 aromatic rings. The number of nitrogens with one attached hydrogen (secondary N) is 1. The van der Waals surface area contributed by atoms with Gasteiger partial charge in [-0.15, -0.1) is 0 Å². The van der Waals surface area contributed by atoms with E-state index in [4.69, 9.17) is 10.7 Å². The van der Waals surface area contributed by atoms with E-state index in [1.165, 1.54) is 6.92 Å². The predicted molar refractivity (Wildman–Crippen MR) is 78.5 cm³/mol. The smallest absolute Gasteiger partial charge is 0.261 e. The van der Waals surface area contributed by atoms with Crippen LogP contribution in [0.2, 0.25) is 0 Å². The number of aryl methyl sites for hydroxylation is 1. The van der Waals surface area contributed by atoms with Gasteiger partial charge in [-0.05, 0) is 42.9 Å². The van der Waals surface area contributed by atoms with Gasteiger partial charge in [0.05, 0.1) is 10.5 Å². The Morgan fingerprint density at radius 1 is 1.43 bits per heavy atom. The summed E-state index contributed by atoms with van der Waals surface area (Å²) in [6.07, 6.45) is 3.16. The van der Waals surface area contributed by atoms with Crippen molar-refractivity contribution >= 4 is 25.6 Å². The lowest BCUT2D eigenvalue weighted by atomic mass is 9.70. The molecule has 0 heterocycles. The maximum absolute atomic E-state index is 13.9. The van der Waals surface area contributed by atoms with Gasteiger partial charge in [0.1, 0.15) is 5.82 Å². The quantitative estimate of drug-likeness (QED) is 0.861. The van der Waals surface area contributed by atoms with Crippen molar-refractivity contribution in [2.75, 3.05) is 6.54 Å². The van der Waals surface area contributed by atoms with Crippen molar-refractivity contribution in [3.05, 3.63) is 29.1 Å². The molecular formula is C14H17ClFNO3S. The highest BCUT2D eigenvalue weighted by atomic mass is 35.7. The van der Waals surface area contributed by atoms with E-state index in [2.05, 4.69) is 12.2 Å². The van der Waals surface area contributed by atoms with Crippen molar-refractivity contribution in [1.82, 2.24) is 5.32 Å². The van der Waals surface area contributed by atoms with Gasteiger partial charge in [0.2, 0.25) is 0 Å². The molecule has 7 heteroatoms. The van der Waals surface area contributed by atoms with Crippen molar-refractivity contribution in [2.24, 2.45) is 5.41 Å². The van der Waals surface area contributed by atoms with E-state index in [1.54, 1.807) is 0 Å². The van der Waals surface area contributed by atoms with Crippen molar-refractivity contribution in [3.8, 4) is 0 Å². The first-order valence-corrected chi connectivity index (χ1v) is 8.96. The van der Waals surface area contributed by atoms with E-state index >= 15 is 0 Å². The Bertz CT molecular complexity index is 684. The van der Waals surface area contributed by atoms with E-state index in [-0.39, 0.29) is 21.4 Å². The van der Waals surface area contributed by atoms with Crippen molar-refractivity contribution in [2.45, 2.75) is 38.0 Å². The lowest BCUT2D eigenvalue weighted by molar-refractivity contribution is 0.0886. The Morgan fingerprint density at radius 3 is 2.52 bits per heavy atom. The van der Waals surface area contributed by atoms with E-state index in [0.29, 0.717) is 6.54 Å². The van der Waals surface area contributed by atoms with Crippen molar-refractivity contribution in [3.63, 3.8) is 0 Å². The van der Waals surface area contributed by atoms with Crippen molar-refractivity contribution < 1.29 is 17.6 Å². The zero-order valence-electron chi connectivity index (χ0n) is 11.9. The lowest BCUT2D eigenvalue weighted by Gasteiger charge is -2.38. The number of rotatable bonds is 4. The normalized spacial score (nSPS) is 17.1. The fourth-order valence-electron chi connectivity index (χ4n) is 2.44. The topological polar surface area (TPSA) is 63.2 Å². The molecule has 1 saturated carbocycles. The summed E-state index contributed by atoms with van der Waals surface area (Å²) in [5.74, 6) is -1.38. The fraction of sp³-hybridized carbons (Fsp3) is 0.500. The first kappa shape index (κ1) is 16.2. The molecule has 21 heavy (non-hydrogen) atoms. The van der Waals surface area contributed by atoms with Crippen LogP contribution in [-0.4, -0.2) is 20.9 Å². The summed E-state index contributed by atoms with van der Waals surface area (Å²) in [7, 11) is 1.27. The van der Waals surface area contributed by atoms with Crippen LogP contribution in [0, 0.1) is 18.2 Å². The summed E-state index contributed by atoms with van der Waals surface area (Å²) in [6.45, 7) is 3.93. The molecule has 0 aliphatic heterocycles. The Labute approximate surface area is 128 Å². The van der Waals surface area contributed by atoms with Gasteiger partial charge in [0.15, 0.2) is 0 Å². The minimum atomic E-state index is -4.02. The first-order valence-electron chi connectivity index (χ1n) is 6.65. The Kier molecular flexibility index (Phi) is 4.31. The van der Waals surface area contributed by atoms with Crippen molar-refractivity contribution in [1.29, 1.82) is 0 Å². The van der Waals surface area contributed by atoms with Crippen LogP contribution in [0.4, 0.5) is 4.39 Å². The van der Waals surface area contributed by atoms with Gasteiger partial charge in [-0.2, -0.15) is 0 Å². The summed E-state index contributed by atoms with van der Waals surface area (Å²) in [5, 5.41) is 2.66. The average Bonchev–Trinajstić information content (AvgIpc) is 2.32. The van der Waals surface area contributed by atoms with E-state index in [1.807, 2.05) is 0 Å². The first-order chi connectivity index (χ1) is 9.62. The molecule has 0 radical (unpaired) electrons. The molecule has 1 aromatic carbocycles. The SMILES string of the molecule is Cc1cc(F)c(C(=O)NCC2(C)CCC2)cc1S(=O)(=O)Cl. The van der Waals surface area contributed by atoms with Gasteiger partial charge in [-0.1, -0.05) is 13.3 Å². The number of carbonyl (C=O) groups is 1. The van der Waals surface area contributed by atoms with Crippen LogP contribution in [0.25, 0.3) is 0 Å². The summed E-state index contributed by atoms with van der Waals surface area (Å²) < 4.78 is 36.7. The number of hydrogen-bond donors (Lipinski definition) is 1. The summed E-state index contributed by atoms with van der Waals surface area (Å²) in [6, 6.07) is 2.00. The molecule has 1 aliphatic rings. The molecule has 0 aromatic heterocycles. The highest BCUT2D eigenvalue weighted by Gasteiger charge is 2.32. The minimum absolute atomic E-state index is 0.0538. The van der Waals surface area contributed by atoms with E-state index in [9.17, 15) is 17.6 Å². The molecule has 0 spiro atoms. The fourth-order valence-corrected chi connectivity index (χ4v) is 3.64. The van der Waals surface area contributed by atoms with Crippen LogP contribution >= 0.6 is 10.7 Å². The second-order valence-electron chi connectivity index (χ2n) is 5.88. The maximum Gasteiger partial charge on any atom is 0.261 e. The third kappa shape index (κ3) is 3.55. The van der Waals surface area contributed by atoms with E-state index in [0.717, 1.165) is 31.4 Å². The lowest BCUT2D eigenvalue weighted by Crippen LogP contribution is -2.40. The van der Waals surface area contributed by atoms with Crippen LogP contribution in [0.1, 0.15) is 42.1 Å². The van der Waals surface area contributed by atoms with E-state index < -0.39 is 20.8 Å². The van der Waals surface area contributed by atoms with Crippen LogP contribution < -0.4 is 5.32 Å². The molecule has 0 saturated heterocycles. The zero-order chi connectivity index (χ0) is 15.8. The molecule has 1 aliphatic carbocycles. The minimum Gasteiger partial charge on any atom is -0.351 e. The second-order valence-corrected chi connectivity index (χ2v) is 8.42. The summed E-state index contributed by atoms with van der Waals surface area (Å²) in [5.41, 5.74) is -0.0779. The van der Waals surface area contributed by atoms with Crippen LogP contribution in [0.15, 0.2) is 17.0 Å². The van der Waals surface area contributed by atoms with Gasteiger partial charge < -0.3 is 5.32 Å². The Hall–Kier alpha value is -1.14. The summed E-state index contributed by atoms with van der Waals surface area (Å²) in [4.78, 5) is 11.8. The molecular weight excluding hydrogens is 317 g/mol. The third-order valence-electron chi connectivity index (χ3n) is 4.01. The third-order valence-corrected chi connectivity index (χ3v) is 5.47. The standard InChI is InChI=1S/C14H17ClFNO3S/c1-9-6-11(16)10(7-12(9)21(15,19)20)13(18)17-8-14(2)4-3-5-14/h6-7H,3-5,8H2,1-2H3,(H,17,18). The highest BCUT2D eigenvalue weighted by Crippen LogP contribution is 2.39. The summed E-state index contributed by atoms with van der Waals surface area (Å²) >= 11 is 0. The Morgan fingerprint density at radius 2 is 2.05 bits per heavy atom. The van der Waals surface area contributed by atoms with Gasteiger partial charge in [0.25, 0.3) is 15.0 Å². The van der Waals surface area contributed by atoms with Crippen LogP contribution in [-0.2, 0) is 9.05 Å². The number of halogens is 2. The molecule has 0 atom stereocenters. The average molecular weight is 334 g/mol. The van der Waals surface area contributed by atoms with Gasteiger partial charge in [-0.25, -0.2) is 12.8 Å². The number of amides is 1. The number of carbonyl (C=O) groups excluding carboxylic acids is 1. The molecule has 116 valence electrons. The molecule has 4 nitrogen and oxygen atoms in total. The number of hydrogen-bond acceptors (Lipinski definition) is 3. The second kappa shape index (κ2) is 5.57. The molecule has 1 N–H and O–H groups in total. The predicted octanol–water partition coefficient (Wildman–Crippen LogP) is 2.98. The van der Waals surface area contributed by atoms with Gasteiger partial charge in [0, 0.05) is 17.2 Å². The van der Waals surface area contributed by atoms with Gasteiger partial charge in [-0.3, -0.25) is 4.79 Å². The number of benzene rings is 1. The molecule has 1 fully saturated rings. The highest BCUT2D eigenvalue weighted by molar-refractivity contribution is 8.13. The largest absolute Gasteiger partial charge is 0.351 e. The maximum atomic E-state index is 13.9. The zero-order valence-corrected chi connectivity index (χ0v) is 13.4. The molecule has 0 unspecified atom stereocenters.